The Hall–Kier alpha value is -1.52. The predicted molar refractivity (Wildman–Crippen MR) is 62.7 cm³/mol. The normalized spacial score (nSPS) is 24.2. The van der Waals surface area contributed by atoms with Gasteiger partial charge in [-0.1, -0.05) is 12.2 Å². The first-order chi connectivity index (χ1) is 7.78. The maximum Gasteiger partial charge on any atom is 0.407 e. The van der Waals surface area contributed by atoms with Crippen molar-refractivity contribution in [2.45, 2.75) is 45.3 Å². The van der Waals surface area contributed by atoms with Crippen LogP contribution < -0.4 is 5.32 Å². The van der Waals surface area contributed by atoms with Crippen molar-refractivity contribution in [3.8, 4) is 0 Å². The van der Waals surface area contributed by atoms with E-state index in [1.807, 2.05) is 0 Å². The molecular weight excluding hydrogens is 222 g/mol. The molecule has 5 heteroatoms. The Morgan fingerprint density at radius 3 is 2.59 bits per heavy atom. The molecule has 2 atom stereocenters. The minimum Gasteiger partial charge on any atom is -0.481 e. The van der Waals surface area contributed by atoms with Crippen LogP contribution in [0.4, 0.5) is 4.79 Å². The summed E-state index contributed by atoms with van der Waals surface area (Å²) >= 11 is 0. The van der Waals surface area contributed by atoms with Crippen LogP contribution in [0.1, 0.15) is 33.6 Å². The highest BCUT2D eigenvalue weighted by Gasteiger charge is 2.25. The monoisotopic (exact) mass is 241 g/mol. The molecule has 0 aliphatic heterocycles. The summed E-state index contributed by atoms with van der Waals surface area (Å²) in [6.07, 6.45) is 4.00. The number of amides is 1. The lowest BCUT2D eigenvalue weighted by Crippen LogP contribution is -2.41. The average molecular weight is 241 g/mol. The van der Waals surface area contributed by atoms with Crippen molar-refractivity contribution in [1.82, 2.24) is 5.32 Å². The minimum atomic E-state index is -0.864. The van der Waals surface area contributed by atoms with E-state index in [1.54, 1.807) is 32.9 Å². The molecule has 0 bridgehead atoms. The van der Waals surface area contributed by atoms with E-state index in [0.717, 1.165) is 0 Å². The Balaban J connectivity index is 2.46. The average Bonchev–Trinajstić information content (AvgIpc) is 2.14. The summed E-state index contributed by atoms with van der Waals surface area (Å²) in [7, 11) is 0. The molecule has 0 aromatic carbocycles. The van der Waals surface area contributed by atoms with Gasteiger partial charge < -0.3 is 15.2 Å². The van der Waals surface area contributed by atoms with Gasteiger partial charge in [-0.3, -0.25) is 4.79 Å². The fraction of sp³-hybridized carbons (Fsp3) is 0.667. The number of carboxylic acid groups (broad SMARTS) is 1. The van der Waals surface area contributed by atoms with Crippen LogP contribution in [0.3, 0.4) is 0 Å². The van der Waals surface area contributed by atoms with Gasteiger partial charge in [0, 0.05) is 6.04 Å². The molecule has 0 radical (unpaired) electrons. The Morgan fingerprint density at radius 2 is 2.06 bits per heavy atom. The molecule has 96 valence electrons. The van der Waals surface area contributed by atoms with Crippen LogP contribution in [0.5, 0.6) is 0 Å². The van der Waals surface area contributed by atoms with E-state index >= 15 is 0 Å². The Labute approximate surface area is 101 Å². The molecule has 0 saturated carbocycles. The first-order valence-electron chi connectivity index (χ1n) is 5.67. The quantitative estimate of drug-likeness (QED) is 0.724. The van der Waals surface area contributed by atoms with Crippen molar-refractivity contribution in [2.24, 2.45) is 5.92 Å². The first-order valence-corrected chi connectivity index (χ1v) is 5.67. The molecule has 17 heavy (non-hydrogen) atoms. The molecule has 1 rings (SSSR count). The predicted octanol–water partition coefficient (Wildman–Crippen LogP) is 1.93. The Morgan fingerprint density at radius 1 is 1.41 bits per heavy atom. The molecule has 5 nitrogen and oxygen atoms in total. The fourth-order valence-corrected chi connectivity index (χ4v) is 1.66. The number of hydrogen-bond donors (Lipinski definition) is 2. The van der Waals surface area contributed by atoms with E-state index in [9.17, 15) is 9.59 Å². The Kier molecular flexibility index (Phi) is 4.15. The van der Waals surface area contributed by atoms with Crippen molar-refractivity contribution in [3.63, 3.8) is 0 Å². The lowest BCUT2D eigenvalue weighted by atomic mass is 9.92. The largest absolute Gasteiger partial charge is 0.481 e. The molecule has 1 aliphatic rings. The van der Waals surface area contributed by atoms with Crippen LogP contribution in [0.25, 0.3) is 0 Å². The first kappa shape index (κ1) is 13.5. The van der Waals surface area contributed by atoms with E-state index in [4.69, 9.17) is 9.84 Å². The van der Waals surface area contributed by atoms with Crippen LogP contribution in [0, 0.1) is 5.92 Å². The van der Waals surface area contributed by atoms with Crippen LogP contribution in [-0.2, 0) is 9.53 Å². The third-order valence-electron chi connectivity index (χ3n) is 2.37. The number of aliphatic carboxylic acids is 1. The summed E-state index contributed by atoms with van der Waals surface area (Å²) in [4.78, 5) is 22.3. The second-order valence-corrected chi connectivity index (χ2v) is 5.19. The van der Waals surface area contributed by atoms with Gasteiger partial charge in [-0.2, -0.15) is 0 Å². The highest BCUT2D eigenvalue weighted by Crippen LogP contribution is 2.18. The van der Waals surface area contributed by atoms with Crippen molar-refractivity contribution >= 4 is 12.1 Å². The molecule has 0 aromatic rings. The van der Waals surface area contributed by atoms with E-state index in [-0.39, 0.29) is 6.04 Å². The van der Waals surface area contributed by atoms with Gasteiger partial charge in [-0.05, 0) is 33.6 Å². The summed E-state index contributed by atoms with van der Waals surface area (Å²) in [6, 6.07) is -0.170. The summed E-state index contributed by atoms with van der Waals surface area (Å²) in [5.74, 6) is -1.39. The van der Waals surface area contributed by atoms with Gasteiger partial charge in [0.05, 0.1) is 5.92 Å². The third kappa shape index (κ3) is 4.89. The van der Waals surface area contributed by atoms with Crippen LogP contribution >= 0.6 is 0 Å². The van der Waals surface area contributed by atoms with Crippen LogP contribution in [-0.4, -0.2) is 28.8 Å². The summed E-state index contributed by atoms with van der Waals surface area (Å²) in [5.41, 5.74) is -0.541. The molecule has 1 amide bonds. The maximum absolute atomic E-state index is 11.5. The van der Waals surface area contributed by atoms with Gasteiger partial charge in [-0.25, -0.2) is 4.79 Å². The molecular formula is C12H19NO4. The Bertz CT molecular complexity index is 330. The van der Waals surface area contributed by atoms with Gasteiger partial charge in [0.15, 0.2) is 0 Å². The number of alkyl carbamates (subject to hydrolysis) is 1. The molecule has 0 aromatic heterocycles. The van der Waals surface area contributed by atoms with Crippen LogP contribution in [0.2, 0.25) is 0 Å². The lowest BCUT2D eigenvalue weighted by Gasteiger charge is -2.26. The number of rotatable bonds is 2. The van der Waals surface area contributed by atoms with Gasteiger partial charge in [0.2, 0.25) is 0 Å². The molecule has 0 spiro atoms. The van der Waals surface area contributed by atoms with Crippen molar-refractivity contribution in [2.75, 3.05) is 0 Å². The zero-order chi connectivity index (χ0) is 13.1. The second kappa shape index (κ2) is 5.21. The topological polar surface area (TPSA) is 75.6 Å². The van der Waals surface area contributed by atoms with Crippen molar-refractivity contribution in [1.29, 1.82) is 0 Å². The SMILES string of the molecule is CC(C)(C)OC(=O)N[C@H]1CC=C[C@@H](C(=O)O)C1. The van der Waals surface area contributed by atoms with E-state index in [0.29, 0.717) is 12.8 Å². The molecule has 0 fully saturated rings. The molecule has 0 saturated heterocycles. The number of carbonyl (C=O) groups is 2. The number of ether oxygens (including phenoxy) is 1. The highest BCUT2D eigenvalue weighted by atomic mass is 16.6. The lowest BCUT2D eigenvalue weighted by molar-refractivity contribution is -0.140. The zero-order valence-corrected chi connectivity index (χ0v) is 10.4. The van der Waals surface area contributed by atoms with E-state index in [1.165, 1.54) is 0 Å². The standard InChI is InChI=1S/C12H19NO4/c1-12(2,3)17-11(16)13-9-6-4-5-8(7-9)10(14)15/h4-5,8-9H,6-7H2,1-3H3,(H,13,16)(H,14,15)/t8-,9+/m1/s1. The number of hydrogen-bond acceptors (Lipinski definition) is 3. The minimum absolute atomic E-state index is 0.170. The molecule has 0 heterocycles. The van der Waals surface area contributed by atoms with Crippen LogP contribution in [0.15, 0.2) is 12.2 Å². The zero-order valence-electron chi connectivity index (χ0n) is 10.4. The number of carboxylic acids is 1. The molecule has 1 aliphatic carbocycles. The summed E-state index contributed by atoms with van der Waals surface area (Å²) < 4.78 is 5.11. The summed E-state index contributed by atoms with van der Waals surface area (Å²) in [6.45, 7) is 5.36. The highest BCUT2D eigenvalue weighted by molar-refractivity contribution is 5.73. The fourth-order valence-electron chi connectivity index (χ4n) is 1.66. The van der Waals surface area contributed by atoms with Gasteiger partial charge in [0.25, 0.3) is 0 Å². The maximum atomic E-state index is 11.5. The van der Waals surface area contributed by atoms with Crippen molar-refractivity contribution < 1.29 is 19.4 Å². The van der Waals surface area contributed by atoms with Gasteiger partial charge in [0.1, 0.15) is 5.60 Å². The third-order valence-corrected chi connectivity index (χ3v) is 2.37. The second-order valence-electron chi connectivity index (χ2n) is 5.19. The van der Waals surface area contributed by atoms with E-state index in [2.05, 4.69) is 5.32 Å². The van der Waals surface area contributed by atoms with Gasteiger partial charge >= 0.3 is 12.1 Å². The smallest absolute Gasteiger partial charge is 0.407 e. The number of carbonyl (C=O) groups excluding carboxylic acids is 1. The molecule has 2 N–H and O–H groups in total. The summed E-state index contributed by atoms with van der Waals surface area (Å²) in [5, 5.41) is 11.6. The molecule has 0 unspecified atom stereocenters. The van der Waals surface area contributed by atoms with Gasteiger partial charge in [-0.15, -0.1) is 0 Å². The van der Waals surface area contributed by atoms with Crippen molar-refractivity contribution in [3.05, 3.63) is 12.2 Å². The van der Waals surface area contributed by atoms with E-state index < -0.39 is 23.6 Å². The number of nitrogens with one attached hydrogen (secondary N) is 1.